The van der Waals surface area contributed by atoms with E-state index < -0.39 is 20.9 Å². The number of benzene rings is 1. The van der Waals surface area contributed by atoms with Crippen LogP contribution in [0.4, 0.5) is 4.39 Å². The molecule has 0 radical (unpaired) electrons. The van der Waals surface area contributed by atoms with Gasteiger partial charge < -0.3 is 5.32 Å². The molecule has 94 valence electrons. The van der Waals surface area contributed by atoms with Gasteiger partial charge in [-0.3, -0.25) is 0 Å². The molecule has 17 heavy (non-hydrogen) atoms. The van der Waals surface area contributed by atoms with Crippen molar-refractivity contribution in [1.82, 2.24) is 5.32 Å². The molecular weight excluding hydrogens is 241 g/mol. The second kappa shape index (κ2) is 4.38. The minimum Gasteiger partial charge on any atom is -0.309 e. The Hall–Kier alpha value is -0.940. The molecule has 0 fully saturated rings. The highest BCUT2D eigenvalue weighted by Crippen LogP contribution is 2.41. The zero-order valence-electron chi connectivity index (χ0n) is 9.90. The molecule has 1 aliphatic heterocycles. The highest BCUT2D eigenvalue weighted by molar-refractivity contribution is 7.92. The van der Waals surface area contributed by atoms with Gasteiger partial charge in [-0.25, -0.2) is 12.8 Å². The summed E-state index contributed by atoms with van der Waals surface area (Å²) in [6.07, 6.45) is 0.480. The molecular formula is C12H16FNO2S. The summed E-state index contributed by atoms with van der Waals surface area (Å²) in [6, 6.07) is 4.17. The van der Waals surface area contributed by atoms with Gasteiger partial charge in [0.2, 0.25) is 0 Å². The van der Waals surface area contributed by atoms with Crippen molar-refractivity contribution in [2.45, 2.75) is 36.5 Å². The molecule has 0 aromatic heterocycles. The fourth-order valence-corrected chi connectivity index (χ4v) is 4.72. The van der Waals surface area contributed by atoms with Crippen LogP contribution in [0.5, 0.6) is 0 Å². The normalized spacial score (nSPS) is 25.8. The van der Waals surface area contributed by atoms with Crippen molar-refractivity contribution in [1.29, 1.82) is 0 Å². The van der Waals surface area contributed by atoms with Crippen LogP contribution in [0, 0.1) is 5.82 Å². The number of fused-ring (bicyclic) bond motifs is 1. The second-order valence-corrected chi connectivity index (χ2v) is 6.29. The maximum Gasteiger partial charge on any atom is 0.186 e. The lowest BCUT2D eigenvalue weighted by molar-refractivity contribution is 0.504. The van der Waals surface area contributed by atoms with Crippen LogP contribution in [-0.2, 0) is 9.84 Å². The van der Waals surface area contributed by atoms with Gasteiger partial charge in [-0.15, -0.1) is 0 Å². The first kappa shape index (κ1) is 12.5. The zero-order valence-corrected chi connectivity index (χ0v) is 10.7. The molecule has 2 rings (SSSR count). The summed E-state index contributed by atoms with van der Waals surface area (Å²) in [5.74, 6) is -0.638. The van der Waals surface area contributed by atoms with Gasteiger partial charge in [0.25, 0.3) is 0 Å². The van der Waals surface area contributed by atoms with Crippen molar-refractivity contribution in [2.24, 2.45) is 0 Å². The zero-order chi connectivity index (χ0) is 12.6. The summed E-state index contributed by atoms with van der Waals surface area (Å²) in [4.78, 5) is -0.113. The van der Waals surface area contributed by atoms with E-state index in [1.807, 2.05) is 13.8 Å². The van der Waals surface area contributed by atoms with Crippen LogP contribution in [0.15, 0.2) is 23.1 Å². The largest absolute Gasteiger partial charge is 0.309 e. The molecule has 1 aromatic carbocycles. The molecule has 3 nitrogen and oxygen atoms in total. The van der Waals surface area contributed by atoms with E-state index in [2.05, 4.69) is 5.32 Å². The maximum atomic E-state index is 13.7. The number of nitrogens with one attached hydrogen (secondary N) is 1. The maximum absolute atomic E-state index is 13.7. The van der Waals surface area contributed by atoms with Crippen molar-refractivity contribution in [3.05, 3.63) is 29.6 Å². The van der Waals surface area contributed by atoms with Crippen molar-refractivity contribution in [3.8, 4) is 0 Å². The molecule has 5 heteroatoms. The molecule has 0 amide bonds. The average Bonchev–Trinajstić information content (AvgIpc) is 2.48. The lowest BCUT2D eigenvalue weighted by Crippen LogP contribution is -2.31. The van der Waals surface area contributed by atoms with Gasteiger partial charge in [0, 0.05) is 0 Å². The Bertz CT molecular complexity index is 527. The van der Waals surface area contributed by atoms with Crippen LogP contribution in [0.1, 0.15) is 31.9 Å². The van der Waals surface area contributed by atoms with Gasteiger partial charge >= 0.3 is 0 Å². The smallest absolute Gasteiger partial charge is 0.186 e. The van der Waals surface area contributed by atoms with E-state index in [1.54, 1.807) is 12.1 Å². The molecule has 0 saturated carbocycles. The number of hydrogen-bond acceptors (Lipinski definition) is 3. The predicted molar refractivity (Wildman–Crippen MR) is 64.1 cm³/mol. The summed E-state index contributed by atoms with van der Waals surface area (Å²) in [6.45, 7) is 4.39. The van der Waals surface area contributed by atoms with Crippen LogP contribution in [-0.4, -0.2) is 20.2 Å². The van der Waals surface area contributed by atoms with Crippen molar-refractivity contribution in [3.63, 3.8) is 0 Å². The van der Waals surface area contributed by atoms with Gasteiger partial charge in [-0.05, 0) is 24.6 Å². The van der Waals surface area contributed by atoms with E-state index in [4.69, 9.17) is 0 Å². The SMILES string of the molecule is CCNC1c2cccc(F)c2S(=O)(=O)C1CC. The third kappa shape index (κ3) is 1.77. The van der Waals surface area contributed by atoms with E-state index in [-0.39, 0.29) is 10.9 Å². The Morgan fingerprint density at radius 1 is 1.35 bits per heavy atom. The lowest BCUT2D eigenvalue weighted by atomic mass is 10.0. The third-order valence-corrected chi connectivity index (χ3v) is 5.62. The van der Waals surface area contributed by atoms with E-state index in [0.29, 0.717) is 18.5 Å². The Morgan fingerprint density at radius 3 is 2.65 bits per heavy atom. The molecule has 0 aliphatic carbocycles. The molecule has 1 aliphatic rings. The molecule has 0 spiro atoms. The van der Waals surface area contributed by atoms with E-state index in [1.165, 1.54) is 6.07 Å². The first-order valence-electron chi connectivity index (χ1n) is 5.79. The summed E-state index contributed by atoms with van der Waals surface area (Å²) >= 11 is 0. The highest BCUT2D eigenvalue weighted by Gasteiger charge is 2.45. The molecule has 0 bridgehead atoms. The first-order valence-corrected chi connectivity index (χ1v) is 7.34. The molecule has 0 saturated heterocycles. The van der Waals surface area contributed by atoms with Gasteiger partial charge in [-0.2, -0.15) is 0 Å². The first-order chi connectivity index (χ1) is 8.04. The average molecular weight is 257 g/mol. The highest BCUT2D eigenvalue weighted by atomic mass is 32.2. The Balaban J connectivity index is 2.64. The van der Waals surface area contributed by atoms with Crippen molar-refractivity contribution < 1.29 is 12.8 Å². The van der Waals surface area contributed by atoms with E-state index >= 15 is 0 Å². The topological polar surface area (TPSA) is 46.2 Å². The monoisotopic (exact) mass is 257 g/mol. The summed E-state index contributed by atoms with van der Waals surface area (Å²) in [5, 5.41) is 2.58. The Kier molecular flexibility index (Phi) is 3.23. The van der Waals surface area contributed by atoms with Gasteiger partial charge in [-0.1, -0.05) is 26.0 Å². The summed E-state index contributed by atoms with van der Waals surface area (Å²) in [5.41, 5.74) is 0.568. The molecule has 2 atom stereocenters. The quantitative estimate of drug-likeness (QED) is 0.901. The van der Waals surface area contributed by atoms with Crippen LogP contribution < -0.4 is 5.32 Å². The Labute approximate surface area is 101 Å². The van der Waals surface area contributed by atoms with E-state index in [0.717, 1.165) is 0 Å². The Morgan fingerprint density at radius 2 is 2.06 bits per heavy atom. The van der Waals surface area contributed by atoms with Crippen LogP contribution in [0.2, 0.25) is 0 Å². The van der Waals surface area contributed by atoms with Crippen molar-refractivity contribution in [2.75, 3.05) is 6.54 Å². The molecule has 2 unspecified atom stereocenters. The van der Waals surface area contributed by atoms with Gasteiger partial charge in [0.15, 0.2) is 9.84 Å². The van der Waals surface area contributed by atoms with Gasteiger partial charge in [0.1, 0.15) is 10.7 Å². The van der Waals surface area contributed by atoms with Crippen molar-refractivity contribution >= 4 is 9.84 Å². The number of hydrogen-bond donors (Lipinski definition) is 1. The minimum absolute atomic E-state index is 0.113. The minimum atomic E-state index is -3.54. The molecule has 1 N–H and O–H groups in total. The van der Waals surface area contributed by atoms with Gasteiger partial charge in [0.05, 0.1) is 11.3 Å². The number of rotatable bonds is 3. The third-order valence-electron chi connectivity index (χ3n) is 3.21. The fourth-order valence-electron chi connectivity index (χ4n) is 2.52. The molecule has 1 aromatic rings. The van der Waals surface area contributed by atoms with E-state index in [9.17, 15) is 12.8 Å². The molecule has 1 heterocycles. The summed E-state index contributed by atoms with van der Waals surface area (Å²) < 4.78 is 38.2. The summed E-state index contributed by atoms with van der Waals surface area (Å²) in [7, 11) is -3.54. The second-order valence-electron chi connectivity index (χ2n) is 4.19. The predicted octanol–water partition coefficient (Wildman–Crippen LogP) is 2.04. The fraction of sp³-hybridized carbons (Fsp3) is 0.500. The number of halogens is 1. The van der Waals surface area contributed by atoms with Crippen LogP contribution in [0.25, 0.3) is 0 Å². The lowest BCUT2D eigenvalue weighted by Gasteiger charge is -2.18. The van der Waals surface area contributed by atoms with Crippen LogP contribution >= 0.6 is 0 Å². The van der Waals surface area contributed by atoms with Crippen LogP contribution in [0.3, 0.4) is 0 Å². The number of sulfone groups is 1. The standard InChI is InChI=1S/C12H16FNO2S/c1-3-10-11(14-4-2)8-6-5-7-9(13)12(8)17(10,15)16/h5-7,10-11,14H,3-4H2,1-2H3.